The molecule has 0 unspecified atom stereocenters. The van der Waals surface area contributed by atoms with Crippen LogP contribution in [-0.2, 0) is 0 Å². The Morgan fingerprint density at radius 2 is 2.55 bits per heavy atom. The second-order valence-corrected chi connectivity index (χ2v) is 2.77. The van der Waals surface area contributed by atoms with E-state index in [1.165, 1.54) is 0 Å². The summed E-state index contributed by atoms with van der Waals surface area (Å²) in [6.07, 6.45) is 3.44. The number of nitrogens with one attached hydrogen (secondary N) is 2. The molecule has 1 aromatic heterocycles. The van der Waals surface area contributed by atoms with E-state index in [0.717, 1.165) is 25.4 Å². The van der Waals surface area contributed by atoms with Gasteiger partial charge in [-0.25, -0.2) is 0 Å². The van der Waals surface area contributed by atoms with Crippen LogP contribution in [0, 0.1) is 5.92 Å². The second kappa shape index (κ2) is 2.92. The summed E-state index contributed by atoms with van der Waals surface area (Å²) in [5, 5.41) is 9.67. The molecule has 1 aliphatic heterocycles. The average molecular weight is 153 g/mol. The number of aromatic nitrogens is 2. The van der Waals surface area contributed by atoms with Crippen molar-refractivity contribution in [1.82, 2.24) is 15.5 Å². The van der Waals surface area contributed by atoms with E-state index in [1.54, 1.807) is 12.4 Å². The van der Waals surface area contributed by atoms with Crippen molar-refractivity contribution in [3.8, 4) is 5.75 Å². The molecule has 0 amide bonds. The van der Waals surface area contributed by atoms with Gasteiger partial charge in [-0.05, 0) is 0 Å². The van der Waals surface area contributed by atoms with Gasteiger partial charge in [0.2, 0.25) is 0 Å². The lowest BCUT2D eigenvalue weighted by Crippen LogP contribution is -2.45. The number of aromatic amines is 1. The Kier molecular flexibility index (Phi) is 1.77. The van der Waals surface area contributed by atoms with E-state index in [1.807, 2.05) is 0 Å². The largest absolute Gasteiger partial charge is 0.490 e. The molecule has 11 heavy (non-hydrogen) atoms. The molecule has 1 saturated heterocycles. The van der Waals surface area contributed by atoms with Crippen molar-refractivity contribution in [3.05, 3.63) is 12.4 Å². The Hall–Kier alpha value is -1.03. The van der Waals surface area contributed by atoms with Gasteiger partial charge in [-0.2, -0.15) is 5.10 Å². The summed E-state index contributed by atoms with van der Waals surface area (Å²) >= 11 is 0. The lowest BCUT2D eigenvalue weighted by Gasteiger charge is -2.26. The normalized spacial score (nSPS) is 17.8. The van der Waals surface area contributed by atoms with Gasteiger partial charge in [-0.15, -0.1) is 0 Å². The highest BCUT2D eigenvalue weighted by Crippen LogP contribution is 2.09. The Morgan fingerprint density at radius 1 is 1.64 bits per heavy atom. The quantitative estimate of drug-likeness (QED) is 0.643. The van der Waals surface area contributed by atoms with E-state index < -0.39 is 0 Å². The molecule has 1 aromatic rings. The predicted octanol–water partition coefficient (Wildman–Crippen LogP) is 0.00790. The van der Waals surface area contributed by atoms with Gasteiger partial charge < -0.3 is 10.1 Å². The minimum atomic E-state index is 0.685. The molecule has 0 saturated carbocycles. The van der Waals surface area contributed by atoms with E-state index in [4.69, 9.17) is 4.74 Å². The summed E-state index contributed by atoms with van der Waals surface area (Å²) in [5.74, 6) is 1.52. The molecule has 0 aliphatic carbocycles. The molecule has 1 fully saturated rings. The number of ether oxygens (including phenoxy) is 1. The van der Waals surface area contributed by atoms with Gasteiger partial charge in [-0.3, -0.25) is 5.10 Å². The van der Waals surface area contributed by atoms with Gasteiger partial charge in [0, 0.05) is 19.0 Å². The van der Waals surface area contributed by atoms with Crippen LogP contribution in [0.25, 0.3) is 0 Å². The summed E-state index contributed by atoms with van der Waals surface area (Å²) in [4.78, 5) is 0. The number of nitrogens with zero attached hydrogens (tertiary/aromatic N) is 1. The monoisotopic (exact) mass is 153 g/mol. The summed E-state index contributed by atoms with van der Waals surface area (Å²) in [7, 11) is 0. The molecule has 0 radical (unpaired) electrons. The van der Waals surface area contributed by atoms with E-state index >= 15 is 0 Å². The standard InChI is InChI=1S/C7H11N3O/c1-6(2-8-1)5-11-7-3-9-10-4-7/h3-4,6,8H,1-2,5H2,(H,9,10). The first-order valence-corrected chi connectivity index (χ1v) is 3.77. The van der Waals surface area contributed by atoms with Crippen LogP contribution in [0.4, 0.5) is 0 Å². The van der Waals surface area contributed by atoms with Crippen LogP contribution in [0.5, 0.6) is 5.75 Å². The van der Waals surface area contributed by atoms with Crippen molar-refractivity contribution >= 4 is 0 Å². The minimum absolute atomic E-state index is 0.685. The van der Waals surface area contributed by atoms with Crippen LogP contribution in [-0.4, -0.2) is 29.9 Å². The highest BCUT2D eigenvalue weighted by molar-refractivity contribution is 5.10. The highest BCUT2D eigenvalue weighted by atomic mass is 16.5. The van der Waals surface area contributed by atoms with Crippen molar-refractivity contribution in [2.24, 2.45) is 5.92 Å². The van der Waals surface area contributed by atoms with Crippen LogP contribution < -0.4 is 10.1 Å². The SMILES string of the molecule is c1n[nH]cc1OCC1CNC1. The van der Waals surface area contributed by atoms with E-state index in [9.17, 15) is 0 Å². The maximum absolute atomic E-state index is 5.42. The fourth-order valence-corrected chi connectivity index (χ4v) is 0.998. The third-order valence-corrected chi connectivity index (χ3v) is 1.82. The molecule has 2 N–H and O–H groups in total. The van der Waals surface area contributed by atoms with E-state index in [0.29, 0.717) is 5.92 Å². The third kappa shape index (κ3) is 1.51. The fourth-order valence-electron chi connectivity index (χ4n) is 0.998. The average Bonchev–Trinajstić information content (AvgIpc) is 2.36. The zero-order chi connectivity index (χ0) is 7.52. The van der Waals surface area contributed by atoms with Crippen LogP contribution >= 0.6 is 0 Å². The fraction of sp³-hybridized carbons (Fsp3) is 0.571. The van der Waals surface area contributed by atoms with E-state index in [-0.39, 0.29) is 0 Å². The molecule has 0 atom stereocenters. The van der Waals surface area contributed by atoms with Crippen LogP contribution in [0.3, 0.4) is 0 Å². The molecule has 2 rings (SSSR count). The molecule has 60 valence electrons. The van der Waals surface area contributed by atoms with Crippen LogP contribution in [0.1, 0.15) is 0 Å². The van der Waals surface area contributed by atoms with Gasteiger partial charge in [0.15, 0.2) is 5.75 Å². The Balaban J connectivity index is 1.74. The van der Waals surface area contributed by atoms with Crippen LogP contribution in [0.15, 0.2) is 12.4 Å². The first-order valence-electron chi connectivity index (χ1n) is 3.77. The molecular formula is C7H11N3O. The maximum Gasteiger partial charge on any atom is 0.156 e. The molecule has 1 aliphatic rings. The highest BCUT2D eigenvalue weighted by Gasteiger charge is 2.16. The molecule has 4 heteroatoms. The number of hydrogen-bond donors (Lipinski definition) is 2. The Bertz CT molecular complexity index is 205. The van der Waals surface area contributed by atoms with Crippen molar-refractivity contribution in [2.45, 2.75) is 0 Å². The van der Waals surface area contributed by atoms with Gasteiger partial charge in [0.1, 0.15) is 0 Å². The molecule has 0 aromatic carbocycles. The topological polar surface area (TPSA) is 49.9 Å². The lowest BCUT2D eigenvalue weighted by atomic mass is 10.1. The summed E-state index contributed by atoms with van der Waals surface area (Å²) in [6, 6.07) is 0. The number of H-pyrrole nitrogens is 1. The van der Waals surface area contributed by atoms with Gasteiger partial charge in [0.25, 0.3) is 0 Å². The first kappa shape index (κ1) is 6.67. The van der Waals surface area contributed by atoms with Gasteiger partial charge in [-0.1, -0.05) is 0 Å². The molecular weight excluding hydrogens is 142 g/mol. The van der Waals surface area contributed by atoms with Crippen molar-refractivity contribution in [1.29, 1.82) is 0 Å². The zero-order valence-corrected chi connectivity index (χ0v) is 6.21. The van der Waals surface area contributed by atoms with Crippen molar-refractivity contribution < 1.29 is 4.74 Å². The summed E-state index contributed by atoms with van der Waals surface area (Å²) < 4.78 is 5.42. The second-order valence-electron chi connectivity index (χ2n) is 2.77. The minimum Gasteiger partial charge on any atom is -0.490 e. The van der Waals surface area contributed by atoms with Gasteiger partial charge >= 0.3 is 0 Å². The van der Waals surface area contributed by atoms with Crippen LogP contribution in [0.2, 0.25) is 0 Å². The van der Waals surface area contributed by atoms with Crippen molar-refractivity contribution in [2.75, 3.05) is 19.7 Å². The summed E-state index contributed by atoms with van der Waals surface area (Å²) in [6.45, 7) is 2.96. The number of hydrogen-bond acceptors (Lipinski definition) is 3. The molecule has 2 heterocycles. The molecule has 0 spiro atoms. The first-order chi connectivity index (χ1) is 5.45. The molecule has 0 bridgehead atoms. The maximum atomic E-state index is 5.42. The van der Waals surface area contributed by atoms with Crippen molar-refractivity contribution in [3.63, 3.8) is 0 Å². The Morgan fingerprint density at radius 3 is 3.09 bits per heavy atom. The zero-order valence-electron chi connectivity index (χ0n) is 6.21. The Labute approximate surface area is 64.9 Å². The lowest BCUT2D eigenvalue weighted by molar-refractivity contribution is 0.199. The molecule has 4 nitrogen and oxygen atoms in total. The van der Waals surface area contributed by atoms with E-state index in [2.05, 4.69) is 15.5 Å². The summed E-state index contributed by atoms with van der Waals surface area (Å²) in [5.41, 5.74) is 0. The smallest absolute Gasteiger partial charge is 0.156 e. The predicted molar refractivity (Wildman–Crippen MR) is 40.4 cm³/mol. The number of rotatable bonds is 3. The third-order valence-electron chi connectivity index (χ3n) is 1.82. The van der Waals surface area contributed by atoms with Gasteiger partial charge in [0.05, 0.1) is 19.0 Å².